The lowest BCUT2D eigenvalue weighted by molar-refractivity contribution is -0.138. The van der Waals surface area contributed by atoms with Crippen LogP contribution in [0.2, 0.25) is 0 Å². The molecule has 3 aromatic carbocycles. The molecule has 0 bridgehead atoms. The van der Waals surface area contributed by atoms with Crippen molar-refractivity contribution in [2.45, 2.75) is 17.2 Å². The van der Waals surface area contributed by atoms with E-state index in [4.69, 9.17) is 5.41 Å². The summed E-state index contributed by atoms with van der Waals surface area (Å²) < 4.78 is 120. The SMILES string of the molecule is N=Cc1ccc(NC(=O)c2c(F)cccc2C(F)(F)F)cc1NS(=O)(=O)c1cccc(C(F)(F)F)c1. The van der Waals surface area contributed by atoms with Gasteiger partial charge in [-0.3, -0.25) is 9.52 Å². The van der Waals surface area contributed by atoms with E-state index in [-0.39, 0.29) is 16.9 Å². The van der Waals surface area contributed by atoms with E-state index in [0.29, 0.717) is 30.5 Å². The van der Waals surface area contributed by atoms with Crippen molar-refractivity contribution in [3.8, 4) is 0 Å². The average Bonchev–Trinajstić information content (AvgIpc) is 2.77. The number of sulfonamides is 1. The summed E-state index contributed by atoms with van der Waals surface area (Å²) in [6.45, 7) is 0. The minimum absolute atomic E-state index is 0.0922. The Morgan fingerprint density at radius 1 is 0.889 bits per heavy atom. The van der Waals surface area contributed by atoms with Crippen molar-refractivity contribution in [1.82, 2.24) is 0 Å². The number of halogens is 7. The van der Waals surface area contributed by atoms with Crippen molar-refractivity contribution in [3.05, 3.63) is 88.7 Å². The number of alkyl halides is 6. The smallest absolute Gasteiger partial charge is 0.322 e. The zero-order chi connectivity index (χ0) is 26.9. The van der Waals surface area contributed by atoms with Crippen LogP contribution in [-0.2, 0) is 22.4 Å². The average molecular weight is 533 g/mol. The van der Waals surface area contributed by atoms with Gasteiger partial charge in [0.05, 0.1) is 27.3 Å². The number of carbonyl (C=O) groups excluding carboxylic acids is 1. The van der Waals surface area contributed by atoms with E-state index in [1.165, 1.54) is 0 Å². The maximum Gasteiger partial charge on any atom is 0.417 e. The topological polar surface area (TPSA) is 99.1 Å². The number of rotatable bonds is 6. The third-order valence-electron chi connectivity index (χ3n) is 4.73. The lowest BCUT2D eigenvalue weighted by Gasteiger charge is -2.16. The molecule has 0 heterocycles. The fraction of sp³-hybridized carbons (Fsp3) is 0.0909. The molecule has 3 N–H and O–H groups in total. The van der Waals surface area contributed by atoms with Crippen molar-refractivity contribution in [2.75, 3.05) is 10.0 Å². The van der Waals surface area contributed by atoms with Crippen molar-refractivity contribution >= 4 is 33.5 Å². The molecule has 0 unspecified atom stereocenters. The second-order valence-corrected chi connectivity index (χ2v) is 8.87. The Morgan fingerprint density at radius 3 is 2.17 bits per heavy atom. The van der Waals surface area contributed by atoms with Crippen LogP contribution >= 0.6 is 0 Å². The van der Waals surface area contributed by atoms with Gasteiger partial charge in [0.1, 0.15) is 5.82 Å². The van der Waals surface area contributed by atoms with E-state index in [1.807, 2.05) is 10.0 Å². The van der Waals surface area contributed by atoms with Gasteiger partial charge in [0.15, 0.2) is 0 Å². The molecule has 0 aliphatic carbocycles. The molecule has 3 aromatic rings. The first-order chi connectivity index (χ1) is 16.6. The predicted octanol–water partition coefficient (Wildman–Crippen LogP) is 5.91. The van der Waals surface area contributed by atoms with Crippen LogP contribution in [0.15, 0.2) is 65.6 Å². The van der Waals surface area contributed by atoms with E-state index < -0.39 is 55.7 Å². The van der Waals surface area contributed by atoms with Crippen LogP contribution in [0, 0.1) is 11.2 Å². The van der Waals surface area contributed by atoms with Gasteiger partial charge >= 0.3 is 12.4 Å². The Morgan fingerprint density at radius 2 is 1.56 bits per heavy atom. The van der Waals surface area contributed by atoms with Crippen LogP contribution in [0.5, 0.6) is 0 Å². The molecular weight excluding hydrogens is 519 g/mol. The molecule has 14 heteroatoms. The van der Waals surface area contributed by atoms with Gasteiger partial charge in [-0.15, -0.1) is 0 Å². The highest BCUT2D eigenvalue weighted by Gasteiger charge is 2.37. The van der Waals surface area contributed by atoms with Gasteiger partial charge in [-0.1, -0.05) is 12.1 Å². The van der Waals surface area contributed by atoms with Crippen LogP contribution in [0.1, 0.15) is 27.0 Å². The van der Waals surface area contributed by atoms with E-state index in [0.717, 1.165) is 36.4 Å². The van der Waals surface area contributed by atoms with Crippen LogP contribution in [0.4, 0.5) is 42.1 Å². The molecule has 3 rings (SSSR count). The summed E-state index contributed by atoms with van der Waals surface area (Å²) in [6.07, 6.45) is -9.18. The lowest BCUT2D eigenvalue weighted by atomic mass is 10.1. The van der Waals surface area contributed by atoms with Gasteiger partial charge in [0.2, 0.25) is 0 Å². The molecule has 0 aliphatic rings. The first-order valence-electron chi connectivity index (χ1n) is 9.65. The van der Waals surface area contributed by atoms with Crippen molar-refractivity contribution in [2.24, 2.45) is 0 Å². The highest BCUT2D eigenvalue weighted by atomic mass is 32.2. The number of anilines is 2. The van der Waals surface area contributed by atoms with Crippen molar-refractivity contribution in [1.29, 1.82) is 5.41 Å². The van der Waals surface area contributed by atoms with Gasteiger partial charge in [-0.2, -0.15) is 26.3 Å². The molecule has 6 nitrogen and oxygen atoms in total. The second-order valence-electron chi connectivity index (χ2n) is 7.19. The molecule has 0 aliphatic heterocycles. The highest BCUT2D eigenvalue weighted by Crippen LogP contribution is 2.34. The minimum atomic E-state index is -5.05. The summed E-state index contributed by atoms with van der Waals surface area (Å²) in [7, 11) is -4.63. The van der Waals surface area contributed by atoms with E-state index >= 15 is 0 Å². The Hall–Kier alpha value is -3.94. The first kappa shape index (κ1) is 26.7. The number of carbonyl (C=O) groups is 1. The zero-order valence-electron chi connectivity index (χ0n) is 17.6. The summed E-state index contributed by atoms with van der Waals surface area (Å²) in [4.78, 5) is 11.7. The van der Waals surface area contributed by atoms with Crippen LogP contribution in [-0.4, -0.2) is 20.5 Å². The van der Waals surface area contributed by atoms with Gasteiger partial charge < -0.3 is 10.7 Å². The van der Waals surface area contributed by atoms with Gasteiger partial charge in [0, 0.05) is 17.5 Å². The van der Waals surface area contributed by atoms with Crippen LogP contribution in [0.3, 0.4) is 0 Å². The molecule has 0 aromatic heterocycles. The number of hydrogen-bond acceptors (Lipinski definition) is 4. The van der Waals surface area contributed by atoms with Gasteiger partial charge in [-0.25, -0.2) is 12.8 Å². The fourth-order valence-corrected chi connectivity index (χ4v) is 4.20. The summed E-state index contributed by atoms with van der Waals surface area (Å²) in [5.74, 6) is -2.95. The molecule has 0 saturated carbocycles. The van der Waals surface area contributed by atoms with Gasteiger partial charge in [0.25, 0.3) is 15.9 Å². The Kier molecular flexibility index (Phi) is 7.11. The predicted molar refractivity (Wildman–Crippen MR) is 116 cm³/mol. The number of amides is 1. The molecule has 36 heavy (non-hydrogen) atoms. The molecule has 0 saturated heterocycles. The summed E-state index contributed by atoms with van der Waals surface area (Å²) in [6, 6.07) is 7.87. The van der Waals surface area contributed by atoms with Crippen LogP contribution in [0.25, 0.3) is 0 Å². The third kappa shape index (κ3) is 5.82. The maximum atomic E-state index is 14.1. The van der Waals surface area contributed by atoms with E-state index in [2.05, 4.69) is 0 Å². The monoisotopic (exact) mass is 533 g/mol. The van der Waals surface area contributed by atoms with E-state index in [9.17, 15) is 43.9 Å². The quantitative estimate of drug-likeness (QED) is 0.271. The number of hydrogen-bond donors (Lipinski definition) is 3. The van der Waals surface area contributed by atoms with Gasteiger partial charge in [-0.05, 0) is 48.5 Å². The molecule has 0 fully saturated rings. The van der Waals surface area contributed by atoms with E-state index in [1.54, 1.807) is 0 Å². The molecule has 0 spiro atoms. The molecule has 0 radical (unpaired) electrons. The number of benzene rings is 3. The van der Waals surface area contributed by atoms with Crippen molar-refractivity contribution in [3.63, 3.8) is 0 Å². The Balaban J connectivity index is 1.96. The van der Waals surface area contributed by atoms with Crippen molar-refractivity contribution < 1.29 is 43.9 Å². The highest BCUT2D eigenvalue weighted by molar-refractivity contribution is 7.92. The lowest BCUT2D eigenvalue weighted by Crippen LogP contribution is -2.21. The number of nitrogens with one attached hydrogen (secondary N) is 3. The third-order valence-corrected chi connectivity index (χ3v) is 6.09. The van der Waals surface area contributed by atoms with Crippen LogP contribution < -0.4 is 10.0 Å². The molecule has 0 atom stereocenters. The maximum absolute atomic E-state index is 14.1. The standard InChI is InChI=1S/C22H14F7N3O3S/c23-17-6-2-5-16(22(27,28)29)19(17)20(33)31-14-8-7-12(11-30)18(10-14)32-36(34,35)15-4-1-3-13(9-15)21(24,25)26/h1-11,30,32H,(H,31,33). The second kappa shape index (κ2) is 9.60. The summed E-state index contributed by atoms with van der Waals surface area (Å²) >= 11 is 0. The minimum Gasteiger partial charge on any atom is -0.322 e. The fourth-order valence-electron chi connectivity index (χ4n) is 3.08. The molecule has 1 amide bonds. The summed E-state index contributed by atoms with van der Waals surface area (Å²) in [5, 5.41) is 9.43. The normalized spacial score (nSPS) is 12.2. The molecular formula is C22H14F7N3O3S. The Labute approximate surface area is 199 Å². The largest absolute Gasteiger partial charge is 0.417 e. The Bertz CT molecular complexity index is 1440. The summed E-state index contributed by atoms with van der Waals surface area (Å²) in [5.41, 5.74) is -4.84. The zero-order valence-corrected chi connectivity index (χ0v) is 18.4. The first-order valence-corrected chi connectivity index (χ1v) is 11.1. The molecule has 190 valence electrons.